The Morgan fingerprint density at radius 2 is 1.72 bits per heavy atom. The van der Waals surface area contributed by atoms with Crippen molar-refractivity contribution in [3.63, 3.8) is 0 Å². The maximum Gasteiger partial charge on any atom is 0.360 e. The van der Waals surface area contributed by atoms with Crippen molar-refractivity contribution >= 4 is 41.4 Å². The molecule has 0 spiro atoms. The smallest absolute Gasteiger partial charge is 0.360 e. The number of pyridine rings is 1. The van der Waals surface area contributed by atoms with Gasteiger partial charge < -0.3 is 30.6 Å². The normalized spacial score (nSPS) is 13.1. The van der Waals surface area contributed by atoms with E-state index in [4.69, 9.17) is 25.4 Å². The van der Waals surface area contributed by atoms with E-state index in [1.54, 1.807) is 57.2 Å². The molecule has 1 heterocycles. The summed E-state index contributed by atoms with van der Waals surface area (Å²) in [4.78, 5) is 57.3. The molecule has 4 rings (SSSR count). The predicted molar refractivity (Wildman–Crippen MR) is 177 cm³/mol. The number of amides is 2. The van der Waals surface area contributed by atoms with Gasteiger partial charge in [0.05, 0.1) is 12.5 Å². The van der Waals surface area contributed by atoms with Crippen LogP contribution in [0.2, 0.25) is 0 Å². The minimum Gasteiger partial charge on any atom is -0.496 e. The fraction of sp³-hybridized carbons (Fsp3) is 0.314. The van der Waals surface area contributed by atoms with Crippen LogP contribution in [0, 0.1) is 16.7 Å². The third kappa shape index (κ3) is 8.60. The van der Waals surface area contributed by atoms with Crippen LogP contribution in [0.15, 0.2) is 55.1 Å². The molecule has 2 amide bonds. The molecule has 1 aliphatic carbocycles. The van der Waals surface area contributed by atoms with Gasteiger partial charge in [-0.2, -0.15) is 0 Å². The number of carbonyl (C=O) groups excluding carboxylic acids is 4. The van der Waals surface area contributed by atoms with E-state index in [1.165, 1.54) is 32.2 Å². The molecule has 1 saturated carbocycles. The van der Waals surface area contributed by atoms with Crippen molar-refractivity contribution in [2.24, 2.45) is 17.1 Å². The van der Waals surface area contributed by atoms with Gasteiger partial charge in [-0.05, 0) is 88.1 Å². The fourth-order valence-corrected chi connectivity index (χ4v) is 4.44. The number of aromatic nitrogens is 1. The maximum absolute atomic E-state index is 13.8. The molecule has 12 heteroatoms. The molecule has 0 radical (unpaired) electrons. The number of nitrogens with two attached hydrogens (primary N) is 1. The summed E-state index contributed by atoms with van der Waals surface area (Å²) >= 11 is 0. The lowest BCUT2D eigenvalue weighted by Crippen LogP contribution is -2.30. The van der Waals surface area contributed by atoms with Gasteiger partial charge in [0.25, 0.3) is 11.8 Å². The van der Waals surface area contributed by atoms with Crippen LogP contribution in [-0.4, -0.2) is 54.5 Å². The summed E-state index contributed by atoms with van der Waals surface area (Å²) in [5.41, 5.74) is 6.35. The molecule has 3 aromatic rings. The van der Waals surface area contributed by atoms with E-state index in [2.05, 4.69) is 22.2 Å². The second-order valence-electron chi connectivity index (χ2n) is 12.2. The van der Waals surface area contributed by atoms with E-state index in [1.807, 2.05) is 0 Å². The molecule has 5 N–H and O–H groups in total. The van der Waals surface area contributed by atoms with Gasteiger partial charge in [0.15, 0.2) is 5.69 Å². The zero-order valence-corrected chi connectivity index (χ0v) is 27.1. The number of carbonyl (C=O) groups is 4. The lowest BCUT2D eigenvalue weighted by molar-refractivity contribution is -0.174. The first-order chi connectivity index (χ1) is 22.2. The largest absolute Gasteiger partial charge is 0.496 e. The van der Waals surface area contributed by atoms with Crippen LogP contribution >= 0.6 is 0 Å². The number of nitrogen functional groups attached to an aromatic ring is 1. The van der Waals surface area contributed by atoms with Gasteiger partial charge >= 0.3 is 11.9 Å². The summed E-state index contributed by atoms with van der Waals surface area (Å²) in [6, 6.07) is 12.5. The van der Waals surface area contributed by atoms with Gasteiger partial charge in [0.1, 0.15) is 17.3 Å². The maximum atomic E-state index is 13.8. The van der Waals surface area contributed by atoms with Crippen molar-refractivity contribution in [1.29, 1.82) is 5.41 Å². The van der Waals surface area contributed by atoms with Crippen LogP contribution in [0.3, 0.4) is 0 Å². The molecule has 1 aliphatic rings. The summed E-state index contributed by atoms with van der Waals surface area (Å²) in [6.45, 7) is 10.7. The second-order valence-corrected chi connectivity index (χ2v) is 12.2. The number of esters is 2. The Labute approximate surface area is 273 Å². The zero-order valence-electron chi connectivity index (χ0n) is 27.1. The first-order valence-corrected chi connectivity index (χ1v) is 15.0. The van der Waals surface area contributed by atoms with Crippen molar-refractivity contribution in [2.75, 3.05) is 19.0 Å². The second kappa shape index (κ2) is 14.3. The molecule has 47 heavy (non-hydrogen) atoms. The number of benzene rings is 2. The molecule has 0 aliphatic heterocycles. The molecule has 0 bridgehead atoms. The van der Waals surface area contributed by atoms with Gasteiger partial charge in [-0.3, -0.25) is 19.8 Å². The summed E-state index contributed by atoms with van der Waals surface area (Å²) in [5.74, 6) is -1.93. The number of ether oxygens (including phenoxy) is 3. The van der Waals surface area contributed by atoms with Crippen molar-refractivity contribution < 1.29 is 33.4 Å². The lowest BCUT2D eigenvalue weighted by Gasteiger charge is -2.21. The summed E-state index contributed by atoms with van der Waals surface area (Å²) in [7, 11) is 1.45. The SMILES string of the molecule is C=Cc1cc(C(=O)Nc2ccc(C(=N)N)cc2)c(-c2ccc(C(=O)NCC3CC3)nc2C(=O)OC(C)OC(=O)C(C)(C)C)cc1OC. The van der Waals surface area contributed by atoms with Crippen LogP contribution in [0.4, 0.5) is 5.69 Å². The average molecular weight is 642 g/mol. The van der Waals surface area contributed by atoms with E-state index in [0.717, 1.165) is 12.8 Å². The molecule has 1 aromatic heterocycles. The van der Waals surface area contributed by atoms with Gasteiger partial charge in [0.2, 0.25) is 6.29 Å². The monoisotopic (exact) mass is 641 g/mol. The Bertz CT molecular complexity index is 1720. The number of amidine groups is 1. The zero-order chi connectivity index (χ0) is 34.5. The van der Waals surface area contributed by atoms with E-state index >= 15 is 0 Å². The summed E-state index contributed by atoms with van der Waals surface area (Å²) < 4.78 is 16.4. The number of rotatable bonds is 12. The molecular weight excluding hydrogens is 602 g/mol. The van der Waals surface area contributed by atoms with Crippen molar-refractivity contribution in [3.8, 4) is 16.9 Å². The van der Waals surface area contributed by atoms with E-state index < -0.39 is 35.5 Å². The Hall–Kier alpha value is -5.52. The number of methoxy groups -OCH3 is 1. The van der Waals surface area contributed by atoms with E-state index in [9.17, 15) is 19.2 Å². The third-order valence-corrected chi connectivity index (χ3v) is 7.31. The Balaban J connectivity index is 1.79. The van der Waals surface area contributed by atoms with Crippen LogP contribution in [0.1, 0.15) is 83.0 Å². The average Bonchev–Trinajstić information content (AvgIpc) is 3.87. The highest BCUT2D eigenvalue weighted by Crippen LogP contribution is 2.35. The molecular formula is C35H39N5O7. The number of nitrogens with one attached hydrogen (secondary N) is 3. The standard InChI is InChI=1S/C35H39N5O7/c1-7-21-16-26(31(41)39-23-12-10-22(11-13-23)30(36)37)25(17-28(21)45-6)24-14-15-27(32(42)38-18-20-8-9-20)40-29(24)33(43)46-19(2)47-34(44)35(3,4)5/h7,10-17,19-20H,1,8-9,18H2,2-6H3,(H3,36,37)(H,38,42)(H,39,41). The van der Waals surface area contributed by atoms with Gasteiger partial charge in [0, 0.05) is 47.0 Å². The van der Waals surface area contributed by atoms with Crippen LogP contribution in [0.25, 0.3) is 17.2 Å². The molecule has 1 unspecified atom stereocenters. The number of hydrogen-bond donors (Lipinski definition) is 4. The highest BCUT2D eigenvalue weighted by molar-refractivity contribution is 6.11. The van der Waals surface area contributed by atoms with E-state index in [0.29, 0.717) is 35.0 Å². The molecule has 1 fully saturated rings. The quantitative estimate of drug-likeness (QED) is 0.0897. The highest BCUT2D eigenvalue weighted by atomic mass is 16.7. The minimum absolute atomic E-state index is 0.0353. The fourth-order valence-electron chi connectivity index (χ4n) is 4.44. The van der Waals surface area contributed by atoms with Crippen molar-refractivity contribution in [2.45, 2.75) is 46.8 Å². The Morgan fingerprint density at radius 3 is 2.30 bits per heavy atom. The topological polar surface area (TPSA) is 183 Å². The predicted octanol–water partition coefficient (Wildman–Crippen LogP) is 5.17. The van der Waals surface area contributed by atoms with Crippen LogP contribution in [0.5, 0.6) is 5.75 Å². The first kappa shape index (κ1) is 34.4. The molecule has 1 atom stereocenters. The Kier molecular flexibility index (Phi) is 10.4. The van der Waals surface area contributed by atoms with Gasteiger partial charge in [-0.1, -0.05) is 12.7 Å². The third-order valence-electron chi connectivity index (χ3n) is 7.31. The highest BCUT2D eigenvalue weighted by Gasteiger charge is 2.29. The minimum atomic E-state index is -1.28. The van der Waals surface area contributed by atoms with E-state index in [-0.39, 0.29) is 33.9 Å². The summed E-state index contributed by atoms with van der Waals surface area (Å²) in [6.07, 6.45) is 2.30. The van der Waals surface area contributed by atoms with Crippen molar-refractivity contribution in [3.05, 3.63) is 83.2 Å². The van der Waals surface area contributed by atoms with Crippen LogP contribution in [-0.2, 0) is 14.3 Å². The summed E-state index contributed by atoms with van der Waals surface area (Å²) in [5, 5.41) is 13.3. The Morgan fingerprint density at radius 1 is 1.04 bits per heavy atom. The first-order valence-electron chi connectivity index (χ1n) is 15.0. The molecule has 0 saturated heterocycles. The van der Waals surface area contributed by atoms with Crippen molar-refractivity contribution in [1.82, 2.24) is 10.3 Å². The number of hydrogen-bond acceptors (Lipinski definition) is 9. The van der Waals surface area contributed by atoms with Crippen LogP contribution < -0.4 is 21.1 Å². The number of nitrogens with zero attached hydrogens (tertiary/aromatic N) is 1. The van der Waals surface area contributed by atoms with Gasteiger partial charge in [-0.25, -0.2) is 9.78 Å². The molecule has 246 valence electrons. The lowest BCUT2D eigenvalue weighted by atomic mass is 9.94. The molecule has 12 nitrogen and oxygen atoms in total. The van der Waals surface area contributed by atoms with Gasteiger partial charge in [-0.15, -0.1) is 0 Å². The molecule has 2 aromatic carbocycles. The number of anilines is 1.